The van der Waals surface area contributed by atoms with Crippen molar-refractivity contribution in [2.75, 3.05) is 7.05 Å². The van der Waals surface area contributed by atoms with E-state index in [1.54, 1.807) is 24.5 Å². The van der Waals surface area contributed by atoms with Gasteiger partial charge in [0, 0.05) is 42.1 Å². The topological polar surface area (TPSA) is 45.2 Å². The molecule has 0 radical (unpaired) electrons. The third kappa shape index (κ3) is 5.11. The van der Waals surface area contributed by atoms with Gasteiger partial charge in [-0.15, -0.1) is 24.8 Å². The van der Waals surface area contributed by atoms with Crippen molar-refractivity contribution in [3.05, 3.63) is 30.1 Å². The van der Waals surface area contributed by atoms with Crippen LogP contribution in [-0.4, -0.2) is 40.0 Å². The molecule has 1 aliphatic heterocycles. The summed E-state index contributed by atoms with van der Waals surface area (Å²) in [5, 5.41) is 3.65. The molecule has 22 heavy (non-hydrogen) atoms. The first-order chi connectivity index (χ1) is 9.20. The van der Waals surface area contributed by atoms with Crippen LogP contribution < -0.4 is 5.32 Å². The molecule has 1 N–H and O–H groups in total. The molecule has 6 heteroatoms. The molecule has 4 nitrogen and oxygen atoms in total. The Labute approximate surface area is 145 Å². The molecule has 0 bridgehead atoms. The zero-order valence-electron chi connectivity index (χ0n) is 13.9. The molecular formula is C16H27Cl2N3O. The van der Waals surface area contributed by atoms with Gasteiger partial charge in [0.05, 0.1) is 0 Å². The lowest BCUT2D eigenvalue weighted by molar-refractivity contribution is 0.0528. The van der Waals surface area contributed by atoms with Gasteiger partial charge in [0.2, 0.25) is 0 Å². The smallest absolute Gasteiger partial charge is 0.253 e. The maximum Gasteiger partial charge on any atom is 0.253 e. The van der Waals surface area contributed by atoms with Crippen LogP contribution in [0.1, 0.15) is 50.9 Å². The SMILES string of the molecule is CN(C(=O)c1ccncc1)C1CC(C)(C)NC(C)(C)C1.Cl.Cl. The highest BCUT2D eigenvalue weighted by Crippen LogP contribution is 2.31. The van der Waals surface area contributed by atoms with E-state index in [2.05, 4.69) is 38.0 Å². The quantitative estimate of drug-likeness (QED) is 0.892. The molecule has 0 aliphatic carbocycles. The average Bonchev–Trinajstić information content (AvgIpc) is 2.34. The van der Waals surface area contributed by atoms with Gasteiger partial charge in [-0.25, -0.2) is 0 Å². The van der Waals surface area contributed by atoms with Crippen molar-refractivity contribution in [3.63, 3.8) is 0 Å². The molecule has 2 rings (SSSR count). The highest BCUT2D eigenvalue weighted by atomic mass is 35.5. The molecule has 0 saturated carbocycles. The van der Waals surface area contributed by atoms with E-state index in [1.807, 2.05) is 11.9 Å². The number of pyridine rings is 1. The second-order valence-corrected chi connectivity index (χ2v) is 7.11. The Kier molecular flexibility index (Phi) is 7.33. The minimum absolute atomic E-state index is 0. The van der Waals surface area contributed by atoms with Gasteiger partial charge in [0.15, 0.2) is 0 Å². The summed E-state index contributed by atoms with van der Waals surface area (Å²) in [5.41, 5.74) is 0.787. The third-order valence-corrected chi connectivity index (χ3v) is 3.96. The molecule has 2 heterocycles. The maximum atomic E-state index is 12.5. The standard InChI is InChI=1S/C16H25N3O.2ClH/c1-15(2)10-13(11-16(3,4)18-15)19(5)14(20)12-6-8-17-9-7-12;;/h6-9,13,18H,10-11H2,1-5H3;2*1H. The summed E-state index contributed by atoms with van der Waals surface area (Å²) >= 11 is 0. The van der Waals surface area contributed by atoms with Crippen molar-refractivity contribution in [2.45, 2.75) is 57.7 Å². The monoisotopic (exact) mass is 347 g/mol. The summed E-state index contributed by atoms with van der Waals surface area (Å²) in [5.74, 6) is 0.0749. The van der Waals surface area contributed by atoms with Crippen LogP contribution in [0.25, 0.3) is 0 Å². The van der Waals surface area contributed by atoms with Crippen molar-refractivity contribution in [3.8, 4) is 0 Å². The van der Waals surface area contributed by atoms with Gasteiger partial charge in [-0.05, 0) is 52.7 Å². The summed E-state index contributed by atoms with van der Waals surface area (Å²) in [6.45, 7) is 8.80. The Balaban J connectivity index is 0.00000220. The van der Waals surface area contributed by atoms with Crippen LogP contribution in [0.2, 0.25) is 0 Å². The van der Waals surface area contributed by atoms with Crippen LogP contribution in [-0.2, 0) is 0 Å². The van der Waals surface area contributed by atoms with Gasteiger partial charge in [-0.3, -0.25) is 9.78 Å². The van der Waals surface area contributed by atoms with Crippen molar-refractivity contribution >= 4 is 30.7 Å². The fourth-order valence-electron chi connectivity index (χ4n) is 3.41. The maximum absolute atomic E-state index is 12.5. The predicted octanol–water partition coefficient (Wildman–Crippen LogP) is 3.31. The van der Waals surface area contributed by atoms with Crippen molar-refractivity contribution in [2.24, 2.45) is 0 Å². The largest absolute Gasteiger partial charge is 0.339 e. The highest BCUT2D eigenvalue weighted by Gasteiger charge is 2.40. The number of amides is 1. The first-order valence-corrected chi connectivity index (χ1v) is 7.17. The van der Waals surface area contributed by atoms with E-state index in [-0.39, 0.29) is 47.8 Å². The fourth-order valence-corrected chi connectivity index (χ4v) is 3.41. The summed E-state index contributed by atoms with van der Waals surface area (Å²) in [4.78, 5) is 18.4. The Bertz CT molecular complexity index is 475. The minimum Gasteiger partial charge on any atom is -0.339 e. The van der Waals surface area contributed by atoms with Crippen LogP contribution in [0.4, 0.5) is 0 Å². The zero-order chi connectivity index (χ0) is 15.0. The van der Waals surface area contributed by atoms with Gasteiger partial charge < -0.3 is 10.2 Å². The molecule has 126 valence electrons. The van der Waals surface area contributed by atoms with Gasteiger partial charge in [-0.2, -0.15) is 0 Å². The van der Waals surface area contributed by atoms with Crippen LogP contribution in [0.15, 0.2) is 24.5 Å². The van der Waals surface area contributed by atoms with Crippen molar-refractivity contribution in [1.82, 2.24) is 15.2 Å². The molecule has 1 fully saturated rings. The lowest BCUT2D eigenvalue weighted by Gasteiger charge is -2.48. The third-order valence-electron chi connectivity index (χ3n) is 3.96. The molecule has 1 aromatic heterocycles. The first-order valence-electron chi connectivity index (χ1n) is 7.17. The Morgan fingerprint density at radius 1 is 1.14 bits per heavy atom. The molecule has 1 amide bonds. The van der Waals surface area contributed by atoms with Crippen LogP contribution in [0.3, 0.4) is 0 Å². The van der Waals surface area contributed by atoms with E-state index in [0.29, 0.717) is 5.56 Å². The van der Waals surface area contributed by atoms with E-state index in [0.717, 1.165) is 12.8 Å². The predicted molar refractivity (Wildman–Crippen MR) is 95.1 cm³/mol. The van der Waals surface area contributed by atoms with Crippen LogP contribution in [0, 0.1) is 0 Å². The molecule has 0 aromatic carbocycles. The van der Waals surface area contributed by atoms with Crippen LogP contribution in [0.5, 0.6) is 0 Å². The lowest BCUT2D eigenvalue weighted by Crippen LogP contribution is -2.62. The molecule has 1 aromatic rings. The first kappa shape index (κ1) is 21.2. The molecule has 0 atom stereocenters. The van der Waals surface area contributed by atoms with E-state index < -0.39 is 0 Å². The summed E-state index contributed by atoms with van der Waals surface area (Å²) in [7, 11) is 1.91. The second-order valence-electron chi connectivity index (χ2n) is 7.11. The minimum atomic E-state index is 0. The van der Waals surface area contributed by atoms with Crippen molar-refractivity contribution in [1.29, 1.82) is 0 Å². The number of rotatable bonds is 2. The Morgan fingerprint density at radius 2 is 1.59 bits per heavy atom. The molecular weight excluding hydrogens is 321 g/mol. The number of hydrogen-bond donors (Lipinski definition) is 1. The zero-order valence-corrected chi connectivity index (χ0v) is 15.6. The van der Waals surface area contributed by atoms with Gasteiger partial charge in [0.25, 0.3) is 5.91 Å². The molecule has 0 unspecified atom stereocenters. The lowest BCUT2D eigenvalue weighted by atomic mass is 9.79. The molecule has 0 spiro atoms. The van der Waals surface area contributed by atoms with Gasteiger partial charge >= 0.3 is 0 Å². The number of halogens is 2. The summed E-state index contributed by atoms with van der Waals surface area (Å²) in [6, 6.07) is 3.80. The Morgan fingerprint density at radius 3 is 2.05 bits per heavy atom. The number of piperidine rings is 1. The summed E-state index contributed by atoms with van der Waals surface area (Å²) < 4.78 is 0. The van der Waals surface area contributed by atoms with E-state index in [1.165, 1.54) is 0 Å². The fraction of sp³-hybridized carbons (Fsp3) is 0.625. The average molecular weight is 348 g/mol. The van der Waals surface area contributed by atoms with E-state index >= 15 is 0 Å². The number of carbonyl (C=O) groups is 1. The van der Waals surface area contributed by atoms with Gasteiger partial charge in [0.1, 0.15) is 0 Å². The summed E-state index contributed by atoms with van der Waals surface area (Å²) in [6.07, 6.45) is 5.25. The number of aromatic nitrogens is 1. The van der Waals surface area contributed by atoms with E-state index in [4.69, 9.17) is 0 Å². The Hall–Kier alpha value is -0.840. The second kappa shape index (κ2) is 7.62. The van der Waals surface area contributed by atoms with Crippen LogP contribution >= 0.6 is 24.8 Å². The van der Waals surface area contributed by atoms with E-state index in [9.17, 15) is 4.79 Å². The molecule has 1 saturated heterocycles. The molecule has 1 aliphatic rings. The normalized spacial score (nSPS) is 19.5. The number of nitrogens with zero attached hydrogens (tertiary/aromatic N) is 2. The van der Waals surface area contributed by atoms with Crippen molar-refractivity contribution < 1.29 is 4.79 Å². The highest BCUT2D eigenvalue weighted by molar-refractivity contribution is 5.94. The number of carbonyl (C=O) groups excluding carboxylic acids is 1. The number of nitrogens with one attached hydrogen (secondary N) is 1. The van der Waals surface area contributed by atoms with Gasteiger partial charge in [-0.1, -0.05) is 0 Å². The number of hydrogen-bond acceptors (Lipinski definition) is 3.